The third kappa shape index (κ3) is 1.69. The summed E-state index contributed by atoms with van der Waals surface area (Å²) >= 11 is 0. The molecule has 0 aromatic heterocycles. The SMILES string of the molecule is CC1C(OO)OC(C(=O)O)C1C(=O)O. The van der Waals surface area contributed by atoms with Crippen LogP contribution in [0.4, 0.5) is 0 Å². The summed E-state index contributed by atoms with van der Waals surface area (Å²) in [5, 5.41) is 25.7. The second kappa shape index (κ2) is 3.91. The normalized spacial score (nSPS) is 37.0. The second-order valence-corrected chi connectivity index (χ2v) is 3.09. The molecule has 0 spiro atoms. The van der Waals surface area contributed by atoms with Gasteiger partial charge in [0.05, 0.1) is 0 Å². The lowest BCUT2D eigenvalue weighted by Crippen LogP contribution is -2.33. The highest BCUT2D eigenvalue weighted by Crippen LogP contribution is 2.33. The number of carboxylic acid groups (broad SMARTS) is 2. The Kier molecular flexibility index (Phi) is 3.04. The van der Waals surface area contributed by atoms with Crippen molar-refractivity contribution in [3.8, 4) is 0 Å². The first-order valence-electron chi connectivity index (χ1n) is 3.90. The van der Waals surface area contributed by atoms with Gasteiger partial charge in [-0.25, -0.2) is 14.9 Å². The van der Waals surface area contributed by atoms with Gasteiger partial charge < -0.3 is 14.9 Å². The molecule has 4 unspecified atom stereocenters. The van der Waals surface area contributed by atoms with Crippen LogP contribution in [0.25, 0.3) is 0 Å². The van der Waals surface area contributed by atoms with Gasteiger partial charge in [0.15, 0.2) is 12.4 Å². The maximum Gasteiger partial charge on any atom is 0.333 e. The lowest BCUT2D eigenvalue weighted by Gasteiger charge is -2.12. The maximum absolute atomic E-state index is 10.7. The predicted molar refractivity (Wildman–Crippen MR) is 40.3 cm³/mol. The van der Waals surface area contributed by atoms with Crippen LogP contribution < -0.4 is 0 Å². The molecule has 7 heteroatoms. The van der Waals surface area contributed by atoms with Gasteiger partial charge >= 0.3 is 11.9 Å². The first-order chi connectivity index (χ1) is 6.49. The topological polar surface area (TPSA) is 113 Å². The van der Waals surface area contributed by atoms with Crippen LogP contribution >= 0.6 is 0 Å². The van der Waals surface area contributed by atoms with E-state index >= 15 is 0 Å². The Bertz CT molecular complexity index is 250. The van der Waals surface area contributed by atoms with Gasteiger partial charge in [-0.2, -0.15) is 0 Å². The molecular weight excluding hydrogens is 196 g/mol. The van der Waals surface area contributed by atoms with Gasteiger partial charge in [-0.3, -0.25) is 4.79 Å². The minimum absolute atomic E-state index is 0.724. The highest BCUT2D eigenvalue weighted by Gasteiger charge is 2.50. The molecule has 1 aliphatic heterocycles. The minimum atomic E-state index is -1.49. The number of carboxylic acids is 2. The third-order valence-corrected chi connectivity index (χ3v) is 2.24. The smallest absolute Gasteiger partial charge is 0.333 e. The molecule has 4 atom stereocenters. The molecule has 0 aromatic carbocycles. The molecule has 0 saturated carbocycles. The van der Waals surface area contributed by atoms with Crippen LogP contribution in [0.15, 0.2) is 0 Å². The van der Waals surface area contributed by atoms with E-state index in [9.17, 15) is 9.59 Å². The third-order valence-electron chi connectivity index (χ3n) is 2.24. The van der Waals surface area contributed by atoms with Crippen molar-refractivity contribution in [1.29, 1.82) is 0 Å². The molecule has 80 valence electrons. The Morgan fingerprint density at radius 2 is 1.86 bits per heavy atom. The van der Waals surface area contributed by atoms with Crippen molar-refractivity contribution in [2.24, 2.45) is 11.8 Å². The van der Waals surface area contributed by atoms with Crippen molar-refractivity contribution in [1.82, 2.24) is 0 Å². The Balaban J connectivity index is 2.87. The van der Waals surface area contributed by atoms with E-state index in [2.05, 4.69) is 4.89 Å². The number of carbonyl (C=O) groups is 2. The number of hydrogen-bond acceptors (Lipinski definition) is 5. The van der Waals surface area contributed by atoms with Gasteiger partial charge in [0.1, 0.15) is 5.92 Å². The van der Waals surface area contributed by atoms with Gasteiger partial charge in [0.2, 0.25) is 0 Å². The molecule has 0 aliphatic carbocycles. The summed E-state index contributed by atoms with van der Waals surface area (Å²) in [5.74, 6) is -4.61. The number of ether oxygens (including phenoxy) is 1. The van der Waals surface area contributed by atoms with Crippen LogP contribution in [0.5, 0.6) is 0 Å². The molecule has 1 rings (SSSR count). The van der Waals surface area contributed by atoms with Crippen molar-refractivity contribution in [3.63, 3.8) is 0 Å². The van der Waals surface area contributed by atoms with E-state index in [1.165, 1.54) is 6.92 Å². The second-order valence-electron chi connectivity index (χ2n) is 3.09. The van der Waals surface area contributed by atoms with Gasteiger partial charge in [0.25, 0.3) is 0 Å². The molecule has 1 fully saturated rings. The molecular formula is C7H10O7. The molecule has 14 heavy (non-hydrogen) atoms. The molecule has 0 bridgehead atoms. The van der Waals surface area contributed by atoms with Crippen molar-refractivity contribution in [3.05, 3.63) is 0 Å². The highest BCUT2D eigenvalue weighted by molar-refractivity contribution is 5.82. The highest BCUT2D eigenvalue weighted by atomic mass is 17.1. The largest absolute Gasteiger partial charge is 0.481 e. The fourth-order valence-electron chi connectivity index (χ4n) is 1.49. The molecule has 0 amide bonds. The lowest BCUT2D eigenvalue weighted by molar-refractivity contribution is -0.347. The van der Waals surface area contributed by atoms with E-state index in [1.54, 1.807) is 0 Å². The molecule has 1 saturated heterocycles. The van der Waals surface area contributed by atoms with Gasteiger partial charge in [-0.05, 0) is 0 Å². The van der Waals surface area contributed by atoms with E-state index in [-0.39, 0.29) is 0 Å². The van der Waals surface area contributed by atoms with Crippen LogP contribution in [0, 0.1) is 11.8 Å². The zero-order chi connectivity index (χ0) is 10.9. The Labute approximate surface area is 78.8 Å². The van der Waals surface area contributed by atoms with E-state index in [0.717, 1.165) is 0 Å². The van der Waals surface area contributed by atoms with Crippen LogP contribution in [0.2, 0.25) is 0 Å². The molecule has 1 heterocycles. The summed E-state index contributed by atoms with van der Waals surface area (Å²) in [7, 11) is 0. The summed E-state index contributed by atoms with van der Waals surface area (Å²) in [6.45, 7) is 1.43. The van der Waals surface area contributed by atoms with Crippen LogP contribution in [-0.2, 0) is 19.2 Å². The van der Waals surface area contributed by atoms with Crippen molar-refractivity contribution < 1.29 is 34.7 Å². The lowest BCUT2D eigenvalue weighted by atomic mass is 9.92. The Morgan fingerprint density at radius 3 is 2.14 bits per heavy atom. The molecule has 1 aliphatic rings. The fourth-order valence-corrected chi connectivity index (χ4v) is 1.49. The van der Waals surface area contributed by atoms with Gasteiger partial charge in [0, 0.05) is 5.92 Å². The zero-order valence-electron chi connectivity index (χ0n) is 7.28. The van der Waals surface area contributed by atoms with Crippen LogP contribution in [0.3, 0.4) is 0 Å². The summed E-state index contributed by atoms with van der Waals surface area (Å²) < 4.78 is 4.71. The molecule has 3 N–H and O–H groups in total. The van der Waals surface area contributed by atoms with E-state index in [0.29, 0.717) is 0 Å². The standard InChI is InChI=1S/C7H10O7/c1-2-3(5(8)9)4(6(10)11)13-7(2)14-12/h2-4,7,12H,1H3,(H,8,9)(H,10,11). The van der Waals surface area contributed by atoms with E-state index in [1.807, 2.05) is 0 Å². The monoisotopic (exact) mass is 206 g/mol. The van der Waals surface area contributed by atoms with Crippen molar-refractivity contribution in [2.75, 3.05) is 0 Å². The number of hydrogen-bond donors (Lipinski definition) is 3. The van der Waals surface area contributed by atoms with Crippen LogP contribution in [-0.4, -0.2) is 39.8 Å². The zero-order valence-corrected chi connectivity index (χ0v) is 7.28. The Hall–Kier alpha value is -1.18. The molecule has 7 nitrogen and oxygen atoms in total. The minimum Gasteiger partial charge on any atom is -0.481 e. The first kappa shape index (κ1) is 10.9. The number of aliphatic carboxylic acids is 2. The number of rotatable bonds is 3. The van der Waals surface area contributed by atoms with Crippen molar-refractivity contribution >= 4 is 11.9 Å². The summed E-state index contributed by atoms with van der Waals surface area (Å²) in [5.41, 5.74) is 0. The summed E-state index contributed by atoms with van der Waals surface area (Å²) in [6.07, 6.45) is -2.70. The van der Waals surface area contributed by atoms with Gasteiger partial charge in [-0.15, -0.1) is 0 Å². The van der Waals surface area contributed by atoms with E-state index in [4.69, 9.17) is 20.2 Å². The summed E-state index contributed by atoms with van der Waals surface area (Å²) in [4.78, 5) is 25.1. The Morgan fingerprint density at radius 1 is 1.29 bits per heavy atom. The average molecular weight is 206 g/mol. The van der Waals surface area contributed by atoms with Gasteiger partial charge in [-0.1, -0.05) is 6.92 Å². The maximum atomic E-state index is 10.7. The quantitative estimate of drug-likeness (QED) is 0.426. The molecule has 0 aromatic rings. The average Bonchev–Trinajstić information content (AvgIpc) is 2.42. The molecule has 0 radical (unpaired) electrons. The first-order valence-corrected chi connectivity index (χ1v) is 3.90. The van der Waals surface area contributed by atoms with Crippen LogP contribution in [0.1, 0.15) is 6.92 Å². The van der Waals surface area contributed by atoms with Crippen molar-refractivity contribution in [2.45, 2.75) is 19.3 Å². The predicted octanol–water partition coefficient (Wildman–Crippen LogP) is -0.378. The summed E-state index contributed by atoms with van der Waals surface area (Å²) in [6, 6.07) is 0. The van der Waals surface area contributed by atoms with E-state index < -0.39 is 36.2 Å². The fraction of sp³-hybridized carbons (Fsp3) is 0.714.